The van der Waals surface area contributed by atoms with Crippen LogP contribution < -0.4 is 0 Å². The van der Waals surface area contributed by atoms with E-state index in [0.29, 0.717) is 11.1 Å². The van der Waals surface area contributed by atoms with Crippen molar-refractivity contribution >= 4 is 28.7 Å². The van der Waals surface area contributed by atoms with Gasteiger partial charge < -0.3 is 0 Å². The lowest BCUT2D eigenvalue weighted by Crippen LogP contribution is -2.44. The second-order valence-corrected chi connectivity index (χ2v) is 6.95. The number of Topliss-reactive ketones (excluding diaryl/α,β-unsaturated/α-hetero) is 1. The van der Waals surface area contributed by atoms with Crippen molar-refractivity contribution in [3.8, 4) is 0 Å². The van der Waals surface area contributed by atoms with Crippen molar-refractivity contribution in [2.45, 2.75) is 32.4 Å². The number of hydrogen-bond donors (Lipinski definition) is 0. The van der Waals surface area contributed by atoms with Gasteiger partial charge in [-0.3, -0.25) is 9.69 Å². The van der Waals surface area contributed by atoms with Crippen LogP contribution in [0.4, 0.5) is 0 Å². The lowest BCUT2D eigenvalue weighted by atomic mass is 9.96. The summed E-state index contributed by atoms with van der Waals surface area (Å²) in [6.45, 7) is 5.14. The van der Waals surface area contributed by atoms with Crippen molar-refractivity contribution in [2.24, 2.45) is 0 Å². The topological polar surface area (TPSA) is 20.3 Å². The third kappa shape index (κ3) is 2.78. The van der Waals surface area contributed by atoms with Gasteiger partial charge >= 0.3 is 0 Å². The van der Waals surface area contributed by atoms with Crippen molar-refractivity contribution in [2.75, 3.05) is 6.54 Å². The molecule has 2 aromatic rings. The molecule has 4 heteroatoms. The zero-order valence-corrected chi connectivity index (χ0v) is 13.7. The van der Waals surface area contributed by atoms with Gasteiger partial charge in [-0.2, -0.15) is 0 Å². The van der Waals surface area contributed by atoms with Crippen molar-refractivity contribution in [3.05, 3.63) is 56.7 Å². The first-order valence-electron chi connectivity index (χ1n) is 7.19. The Morgan fingerprint density at radius 1 is 1.33 bits per heavy atom. The van der Waals surface area contributed by atoms with E-state index in [4.69, 9.17) is 11.6 Å². The summed E-state index contributed by atoms with van der Waals surface area (Å²) in [5.41, 5.74) is 2.11. The molecule has 1 aliphatic heterocycles. The number of ketones is 1. The largest absolute Gasteiger partial charge is 0.292 e. The fraction of sp³-hybridized carbons (Fsp3) is 0.353. The van der Waals surface area contributed by atoms with Gasteiger partial charge in [0.2, 0.25) is 0 Å². The van der Waals surface area contributed by atoms with Gasteiger partial charge in [-0.15, -0.1) is 11.3 Å². The molecule has 2 heterocycles. The van der Waals surface area contributed by atoms with Gasteiger partial charge in [-0.05, 0) is 61.5 Å². The maximum atomic E-state index is 12.7. The fourth-order valence-electron chi connectivity index (χ4n) is 3.06. The fourth-order valence-corrected chi connectivity index (χ4v) is 4.15. The Morgan fingerprint density at radius 2 is 2.05 bits per heavy atom. The minimum absolute atomic E-state index is 0.116. The molecular weight excluding hydrogens is 302 g/mol. The maximum Gasteiger partial charge on any atom is 0.179 e. The second-order valence-electron chi connectivity index (χ2n) is 5.51. The van der Waals surface area contributed by atoms with Crippen molar-refractivity contribution in [1.82, 2.24) is 4.90 Å². The highest BCUT2D eigenvalue weighted by Crippen LogP contribution is 2.34. The molecule has 0 saturated carbocycles. The number of nitrogens with zero attached hydrogens (tertiary/aromatic N) is 1. The van der Waals surface area contributed by atoms with Crippen molar-refractivity contribution in [3.63, 3.8) is 0 Å². The highest BCUT2D eigenvalue weighted by molar-refractivity contribution is 7.10. The molecule has 110 valence electrons. The van der Waals surface area contributed by atoms with Gasteiger partial charge in [-0.1, -0.05) is 11.6 Å². The molecular formula is C17H18ClNOS. The summed E-state index contributed by atoms with van der Waals surface area (Å²) >= 11 is 7.71. The van der Waals surface area contributed by atoms with Crippen molar-refractivity contribution in [1.29, 1.82) is 0 Å². The minimum atomic E-state index is -0.116. The van der Waals surface area contributed by atoms with E-state index < -0.39 is 0 Å². The molecule has 0 bridgehead atoms. The highest BCUT2D eigenvalue weighted by Gasteiger charge is 2.31. The van der Waals surface area contributed by atoms with E-state index in [0.717, 1.165) is 18.5 Å². The SMILES string of the molecule is CC(C(=O)c1ccc(Cl)cc1)N1CCc2sccc2C1C. The summed E-state index contributed by atoms with van der Waals surface area (Å²) in [6.07, 6.45) is 1.04. The van der Waals surface area contributed by atoms with Gasteiger partial charge in [0.05, 0.1) is 6.04 Å². The van der Waals surface area contributed by atoms with E-state index in [-0.39, 0.29) is 11.8 Å². The number of carbonyl (C=O) groups excluding carboxylic acids is 1. The van der Waals surface area contributed by atoms with Gasteiger partial charge in [0, 0.05) is 28.0 Å². The van der Waals surface area contributed by atoms with E-state index in [1.54, 1.807) is 12.1 Å². The standard InChI is InChI=1S/C17H18ClNOS/c1-11-15-8-10-21-16(15)7-9-19(11)12(2)17(20)13-3-5-14(18)6-4-13/h3-6,8,10-12H,7,9H2,1-2H3. The molecule has 1 aromatic heterocycles. The van der Waals surface area contributed by atoms with Crippen LogP contribution in [0.15, 0.2) is 35.7 Å². The lowest BCUT2D eigenvalue weighted by Gasteiger charge is -2.37. The van der Waals surface area contributed by atoms with Crippen LogP contribution in [0.25, 0.3) is 0 Å². The number of fused-ring (bicyclic) bond motifs is 1. The molecule has 0 radical (unpaired) electrons. The summed E-state index contributed by atoms with van der Waals surface area (Å²) in [4.78, 5) is 16.4. The predicted octanol–water partition coefficient (Wildman–Crippen LogP) is 4.59. The van der Waals surface area contributed by atoms with Gasteiger partial charge in [0.1, 0.15) is 0 Å². The summed E-state index contributed by atoms with van der Waals surface area (Å²) in [5, 5.41) is 2.81. The van der Waals surface area contributed by atoms with Crippen molar-refractivity contribution < 1.29 is 4.79 Å². The van der Waals surface area contributed by atoms with Crippen LogP contribution in [-0.2, 0) is 6.42 Å². The van der Waals surface area contributed by atoms with Gasteiger partial charge in [0.15, 0.2) is 5.78 Å². The Kier molecular flexibility index (Phi) is 4.16. The number of benzene rings is 1. The molecule has 0 spiro atoms. The monoisotopic (exact) mass is 319 g/mol. The van der Waals surface area contributed by atoms with Crippen LogP contribution in [0, 0.1) is 0 Å². The number of rotatable bonds is 3. The average molecular weight is 320 g/mol. The van der Waals surface area contributed by atoms with Crippen LogP contribution >= 0.6 is 22.9 Å². The second kappa shape index (κ2) is 5.91. The summed E-state index contributed by atoms with van der Waals surface area (Å²) in [5.74, 6) is 0.164. The first kappa shape index (κ1) is 14.8. The smallest absolute Gasteiger partial charge is 0.179 e. The Morgan fingerprint density at radius 3 is 2.76 bits per heavy atom. The van der Waals surface area contributed by atoms with E-state index >= 15 is 0 Å². The summed E-state index contributed by atoms with van der Waals surface area (Å²) in [6, 6.07) is 9.55. The van der Waals surface area contributed by atoms with E-state index in [1.165, 1.54) is 10.4 Å². The van der Waals surface area contributed by atoms with Crippen LogP contribution in [0.3, 0.4) is 0 Å². The zero-order chi connectivity index (χ0) is 15.0. The average Bonchev–Trinajstić information content (AvgIpc) is 2.96. The number of thiophene rings is 1. The third-order valence-corrected chi connectivity index (χ3v) is 5.58. The normalized spacial score (nSPS) is 20.0. The number of halogens is 1. The lowest BCUT2D eigenvalue weighted by molar-refractivity contribution is 0.0760. The van der Waals surface area contributed by atoms with Gasteiger partial charge in [-0.25, -0.2) is 0 Å². The van der Waals surface area contributed by atoms with Gasteiger partial charge in [0.25, 0.3) is 0 Å². The molecule has 0 saturated heterocycles. The molecule has 0 aliphatic carbocycles. The quantitative estimate of drug-likeness (QED) is 0.771. The van der Waals surface area contributed by atoms with Crippen LogP contribution in [-0.4, -0.2) is 23.3 Å². The molecule has 21 heavy (non-hydrogen) atoms. The Balaban J connectivity index is 1.81. The zero-order valence-electron chi connectivity index (χ0n) is 12.2. The molecule has 1 aliphatic rings. The summed E-state index contributed by atoms with van der Waals surface area (Å²) < 4.78 is 0. The molecule has 0 amide bonds. The Labute approximate surface area is 134 Å². The predicted molar refractivity (Wildman–Crippen MR) is 88.4 cm³/mol. The minimum Gasteiger partial charge on any atom is -0.292 e. The van der Waals surface area contributed by atoms with E-state index in [2.05, 4.69) is 23.3 Å². The molecule has 0 N–H and O–H groups in total. The molecule has 2 atom stereocenters. The first-order valence-corrected chi connectivity index (χ1v) is 8.45. The Hall–Kier alpha value is -1.16. The number of hydrogen-bond acceptors (Lipinski definition) is 3. The molecule has 1 aromatic carbocycles. The highest BCUT2D eigenvalue weighted by atomic mass is 35.5. The first-order chi connectivity index (χ1) is 10.1. The summed E-state index contributed by atoms with van der Waals surface area (Å²) in [7, 11) is 0. The van der Waals surface area contributed by atoms with E-state index in [9.17, 15) is 4.79 Å². The molecule has 0 fully saturated rings. The Bertz CT molecular complexity index is 649. The van der Waals surface area contributed by atoms with Crippen LogP contribution in [0.2, 0.25) is 5.02 Å². The molecule has 2 unspecified atom stereocenters. The maximum absolute atomic E-state index is 12.7. The molecule has 2 nitrogen and oxygen atoms in total. The number of carbonyl (C=O) groups is 1. The van der Waals surface area contributed by atoms with E-state index in [1.807, 2.05) is 30.4 Å². The molecule has 3 rings (SSSR count). The third-order valence-electron chi connectivity index (χ3n) is 4.33. The van der Waals surface area contributed by atoms with Crippen LogP contribution in [0.1, 0.15) is 40.7 Å². The van der Waals surface area contributed by atoms with Crippen LogP contribution in [0.5, 0.6) is 0 Å².